The van der Waals surface area contributed by atoms with Gasteiger partial charge in [-0.3, -0.25) is 4.98 Å². The molecule has 1 aliphatic carbocycles. The molecule has 1 N–H and O–H groups in total. The first kappa shape index (κ1) is 7.68. The molecule has 0 aromatic carbocycles. The predicted molar refractivity (Wildman–Crippen MR) is 42.2 cm³/mol. The Hall–Kier alpha value is -0.960. The van der Waals surface area contributed by atoms with Gasteiger partial charge in [-0.2, -0.15) is 0 Å². The van der Waals surface area contributed by atoms with E-state index in [1.165, 1.54) is 0 Å². The van der Waals surface area contributed by atoms with Crippen LogP contribution < -0.4 is 0 Å². The molecule has 64 valence electrons. The molecule has 0 spiro atoms. The lowest BCUT2D eigenvalue weighted by molar-refractivity contribution is 0.151. The summed E-state index contributed by atoms with van der Waals surface area (Å²) >= 11 is 0. The maximum Gasteiger partial charge on any atom is 0.131 e. The molecule has 0 atom stereocenters. The molecule has 2 rings (SSSR count). The van der Waals surface area contributed by atoms with E-state index in [9.17, 15) is 9.50 Å². The summed E-state index contributed by atoms with van der Waals surface area (Å²) in [5.41, 5.74) is 0.519. The van der Waals surface area contributed by atoms with E-state index in [1.54, 1.807) is 18.3 Å². The summed E-state index contributed by atoms with van der Waals surface area (Å²) in [5.74, 6) is 0. The highest BCUT2D eigenvalue weighted by Gasteiger charge is 2.42. The molecule has 0 bridgehead atoms. The minimum atomic E-state index is -0.674. The average Bonchev–Trinajstić information content (AvgIpc) is 2.85. The SMILES string of the molecule is OC1(c2ccnc(CF)c2)CC1. The lowest BCUT2D eigenvalue weighted by Crippen LogP contribution is -2.04. The maximum absolute atomic E-state index is 12.2. The van der Waals surface area contributed by atoms with Crippen molar-refractivity contribution in [3.63, 3.8) is 0 Å². The summed E-state index contributed by atoms with van der Waals surface area (Å²) < 4.78 is 12.2. The van der Waals surface area contributed by atoms with Crippen LogP contribution in [-0.4, -0.2) is 10.1 Å². The Bertz CT molecular complexity index is 296. The Kier molecular flexibility index (Phi) is 1.61. The smallest absolute Gasteiger partial charge is 0.131 e. The van der Waals surface area contributed by atoms with Crippen molar-refractivity contribution in [2.75, 3.05) is 0 Å². The molecule has 1 heterocycles. The molecule has 3 heteroatoms. The van der Waals surface area contributed by atoms with Crippen LogP contribution >= 0.6 is 0 Å². The fraction of sp³-hybridized carbons (Fsp3) is 0.444. The molecule has 1 aliphatic rings. The number of aliphatic hydroxyl groups is 1. The number of nitrogens with zero attached hydrogens (tertiary/aromatic N) is 1. The molecule has 0 aliphatic heterocycles. The second-order valence-electron chi connectivity index (χ2n) is 3.20. The molecule has 0 unspecified atom stereocenters. The first-order chi connectivity index (χ1) is 5.74. The molecule has 0 saturated heterocycles. The minimum Gasteiger partial charge on any atom is -0.385 e. The van der Waals surface area contributed by atoms with E-state index >= 15 is 0 Å². The van der Waals surface area contributed by atoms with Crippen molar-refractivity contribution in [3.8, 4) is 0 Å². The van der Waals surface area contributed by atoms with Gasteiger partial charge >= 0.3 is 0 Å². The number of aromatic nitrogens is 1. The second kappa shape index (κ2) is 2.52. The molecule has 12 heavy (non-hydrogen) atoms. The van der Waals surface area contributed by atoms with Crippen LogP contribution in [0.15, 0.2) is 18.3 Å². The third-order valence-electron chi connectivity index (χ3n) is 2.21. The first-order valence-electron chi connectivity index (χ1n) is 3.98. The van der Waals surface area contributed by atoms with Crippen molar-refractivity contribution < 1.29 is 9.50 Å². The molecule has 1 fully saturated rings. The van der Waals surface area contributed by atoms with Crippen LogP contribution in [0.4, 0.5) is 4.39 Å². The standard InChI is InChI=1S/C9H10FNO/c10-6-8-5-7(1-4-11-8)9(12)2-3-9/h1,4-5,12H,2-3,6H2. The van der Waals surface area contributed by atoms with Gasteiger partial charge in [0.15, 0.2) is 0 Å². The van der Waals surface area contributed by atoms with Crippen molar-refractivity contribution in [1.29, 1.82) is 0 Å². The Labute approximate surface area is 70.1 Å². The van der Waals surface area contributed by atoms with Crippen molar-refractivity contribution in [1.82, 2.24) is 4.98 Å². The van der Waals surface area contributed by atoms with Crippen LogP contribution in [0.1, 0.15) is 24.1 Å². The van der Waals surface area contributed by atoms with Gasteiger partial charge in [-0.25, -0.2) is 4.39 Å². The van der Waals surface area contributed by atoms with Gasteiger partial charge in [0.25, 0.3) is 0 Å². The molecule has 1 aromatic heterocycles. The zero-order valence-electron chi connectivity index (χ0n) is 6.63. The van der Waals surface area contributed by atoms with Gasteiger partial charge < -0.3 is 5.11 Å². The Morgan fingerprint density at radius 2 is 2.33 bits per heavy atom. The minimum absolute atomic E-state index is 0.396. The largest absolute Gasteiger partial charge is 0.385 e. The zero-order chi connectivity index (χ0) is 8.60. The lowest BCUT2D eigenvalue weighted by atomic mass is 10.1. The normalized spacial score (nSPS) is 19.2. The highest BCUT2D eigenvalue weighted by atomic mass is 19.1. The summed E-state index contributed by atoms with van der Waals surface area (Å²) in [6.45, 7) is -0.566. The van der Waals surface area contributed by atoms with Crippen molar-refractivity contribution in [2.45, 2.75) is 25.1 Å². The van der Waals surface area contributed by atoms with Crippen molar-refractivity contribution >= 4 is 0 Å². The van der Waals surface area contributed by atoms with Gasteiger partial charge in [0.2, 0.25) is 0 Å². The zero-order valence-corrected chi connectivity index (χ0v) is 6.63. The van der Waals surface area contributed by atoms with Gasteiger partial charge in [-0.05, 0) is 30.5 Å². The van der Waals surface area contributed by atoms with Crippen LogP contribution in [-0.2, 0) is 12.3 Å². The van der Waals surface area contributed by atoms with Gasteiger partial charge in [-0.1, -0.05) is 0 Å². The monoisotopic (exact) mass is 167 g/mol. The van der Waals surface area contributed by atoms with Crippen LogP contribution in [0.5, 0.6) is 0 Å². The third kappa shape index (κ3) is 1.20. The third-order valence-corrected chi connectivity index (χ3v) is 2.21. The average molecular weight is 167 g/mol. The van der Waals surface area contributed by atoms with E-state index in [-0.39, 0.29) is 0 Å². The van der Waals surface area contributed by atoms with Crippen LogP contribution in [0.25, 0.3) is 0 Å². The number of hydrogen-bond acceptors (Lipinski definition) is 2. The Morgan fingerprint density at radius 3 is 2.92 bits per heavy atom. The molecule has 0 radical (unpaired) electrons. The highest BCUT2D eigenvalue weighted by molar-refractivity contribution is 5.27. The van der Waals surface area contributed by atoms with Crippen LogP contribution in [0.2, 0.25) is 0 Å². The van der Waals surface area contributed by atoms with Crippen molar-refractivity contribution in [3.05, 3.63) is 29.6 Å². The summed E-state index contributed by atoms with van der Waals surface area (Å²) in [5, 5.41) is 9.67. The summed E-state index contributed by atoms with van der Waals surface area (Å²) in [4.78, 5) is 3.81. The highest BCUT2D eigenvalue weighted by Crippen LogP contribution is 2.45. The number of rotatable bonds is 2. The molecular formula is C9H10FNO. The number of hydrogen-bond donors (Lipinski definition) is 1. The number of halogens is 1. The second-order valence-corrected chi connectivity index (χ2v) is 3.20. The quantitative estimate of drug-likeness (QED) is 0.724. The van der Waals surface area contributed by atoms with E-state index < -0.39 is 12.3 Å². The predicted octanol–water partition coefficient (Wildman–Crippen LogP) is 1.53. The fourth-order valence-electron chi connectivity index (χ4n) is 1.25. The Morgan fingerprint density at radius 1 is 1.58 bits per heavy atom. The topological polar surface area (TPSA) is 33.1 Å². The maximum atomic E-state index is 12.2. The van der Waals surface area contributed by atoms with Crippen LogP contribution in [0, 0.1) is 0 Å². The van der Waals surface area contributed by atoms with Gasteiger partial charge in [0.05, 0.1) is 11.3 Å². The van der Waals surface area contributed by atoms with E-state index in [1.807, 2.05) is 0 Å². The van der Waals surface area contributed by atoms with E-state index in [0.717, 1.165) is 18.4 Å². The Balaban J connectivity index is 2.32. The van der Waals surface area contributed by atoms with E-state index in [2.05, 4.69) is 4.98 Å². The molecular weight excluding hydrogens is 157 g/mol. The number of alkyl halides is 1. The first-order valence-corrected chi connectivity index (χ1v) is 3.98. The lowest BCUT2D eigenvalue weighted by Gasteiger charge is -2.07. The van der Waals surface area contributed by atoms with Gasteiger partial charge in [-0.15, -0.1) is 0 Å². The number of pyridine rings is 1. The summed E-state index contributed by atoms with van der Waals surface area (Å²) in [6, 6.07) is 3.37. The fourth-order valence-corrected chi connectivity index (χ4v) is 1.25. The van der Waals surface area contributed by atoms with Gasteiger partial charge in [0.1, 0.15) is 6.67 Å². The molecule has 1 saturated carbocycles. The molecule has 2 nitrogen and oxygen atoms in total. The molecule has 1 aromatic rings. The molecule has 0 amide bonds. The summed E-state index contributed by atoms with van der Waals surface area (Å²) in [7, 11) is 0. The van der Waals surface area contributed by atoms with E-state index in [4.69, 9.17) is 0 Å². The van der Waals surface area contributed by atoms with E-state index in [0.29, 0.717) is 5.69 Å². The van der Waals surface area contributed by atoms with Crippen LogP contribution in [0.3, 0.4) is 0 Å². The van der Waals surface area contributed by atoms with Gasteiger partial charge in [0, 0.05) is 6.20 Å². The summed E-state index contributed by atoms with van der Waals surface area (Å²) in [6.07, 6.45) is 3.10. The van der Waals surface area contributed by atoms with Crippen molar-refractivity contribution in [2.24, 2.45) is 0 Å².